The number of rotatable bonds is 34. The fourth-order valence-corrected chi connectivity index (χ4v) is 4.97. The van der Waals surface area contributed by atoms with Crippen LogP contribution in [0.5, 0.6) is 0 Å². The molecular weight excluding hydrogens is 612 g/mol. The summed E-state index contributed by atoms with van der Waals surface area (Å²) in [5.41, 5.74) is 0. The van der Waals surface area contributed by atoms with Gasteiger partial charge in [0.2, 0.25) is 0 Å². The smallest absolute Gasteiger partial charge is 0.306 e. The Balaban J connectivity index is 4.50. The molecule has 0 rings (SSSR count). The lowest BCUT2D eigenvalue weighted by Crippen LogP contribution is -2.30. The summed E-state index contributed by atoms with van der Waals surface area (Å²) in [4.78, 5) is 37.4. The van der Waals surface area contributed by atoms with Crippen molar-refractivity contribution in [2.45, 2.75) is 181 Å². The van der Waals surface area contributed by atoms with Crippen LogP contribution < -0.4 is 0 Å². The molecule has 0 saturated carbocycles. The molecule has 0 aromatic rings. The lowest BCUT2D eigenvalue weighted by Gasteiger charge is -2.18. The van der Waals surface area contributed by atoms with Crippen molar-refractivity contribution in [3.8, 4) is 0 Å². The summed E-state index contributed by atoms with van der Waals surface area (Å²) in [5.74, 6) is -1.01. The average Bonchev–Trinajstić information content (AvgIpc) is 3.10. The van der Waals surface area contributed by atoms with Gasteiger partial charge in [-0.2, -0.15) is 0 Å². The topological polar surface area (TPSA) is 78.9 Å². The lowest BCUT2D eigenvalue weighted by atomic mass is 10.1. The van der Waals surface area contributed by atoms with Gasteiger partial charge in [0.15, 0.2) is 6.10 Å². The van der Waals surface area contributed by atoms with Crippen LogP contribution in [0, 0.1) is 0 Å². The number of carbonyl (C=O) groups is 3. The molecule has 0 aliphatic carbocycles. The Morgan fingerprint density at radius 3 is 1.43 bits per heavy atom. The van der Waals surface area contributed by atoms with Crippen LogP contribution in [0.4, 0.5) is 0 Å². The number of unbranched alkanes of at least 4 members (excludes halogenated alkanes) is 13. The largest absolute Gasteiger partial charge is 0.462 e. The third-order valence-electron chi connectivity index (χ3n) is 7.98. The molecule has 0 radical (unpaired) electrons. The summed E-state index contributed by atoms with van der Waals surface area (Å²) < 4.78 is 16.5. The minimum absolute atomic E-state index is 0.108. The van der Waals surface area contributed by atoms with E-state index in [9.17, 15) is 14.4 Å². The molecule has 1 unspecified atom stereocenters. The molecule has 280 valence electrons. The second-order valence-corrected chi connectivity index (χ2v) is 12.8. The van der Waals surface area contributed by atoms with E-state index >= 15 is 0 Å². The van der Waals surface area contributed by atoms with Crippen LogP contribution in [0.15, 0.2) is 60.8 Å². The fraction of sp³-hybridized carbons (Fsp3) is 0.698. The number of carbonyl (C=O) groups excluding carboxylic acids is 3. The van der Waals surface area contributed by atoms with Crippen molar-refractivity contribution in [2.24, 2.45) is 0 Å². The Morgan fingerprint density at radius 1 is 0.429 bits per heavy atom. The lowest BCUT2D eigenvalue weighted by molar-refractivity contribution is -0.167. The van der Waals surface area contributed by atoms with Gasteiger partial charge in [-0.05, 0) is 89.9 Å². The van der Waals surface area contributed by atoms with Gasteiger partial charge in [0, 0.05) is 19.3 Å². The van der Waals surface area contributed by atoms with Crippen molar-refractivity contribution in [3.05, 3.63) is 60.8 Å². The first-order chi connectivity index (χ1) is 24.0. The fourth-order valence-electron chi connectivity index (χ4n) is 4.97. The van der Waals surface area contributed by atoms with Crippen molar-refractivity contribution in [3.63, 3.8) is 0 Å². The van der Waals surface area contributed by atoms with E-state index in [0.29, 0.717) is 25.7 Å². The van der Waals surface area contributed by atoms with E-state index in [2.05, 4.69) is 81.5 Å². The van der Waals surface area contributed by atoms with Gasteiger partial charge in [0.25, 0.3) is 0 Å². The average molecular weight is 685 g/mol. The zero-order chi connectivity index (χ0) is 35.9. The van der Waals surface area contributed by atoms with Gasteiger partial charge >= 0.3 is 17.9 Å². The molecule has 1 atom stereocenters. The van der Waals surface area contributed by atoms with E-state index in [1.807, 2.05) is 0 Å². The molecule has 0 amide bonds. The molecule has 0 aromatic heterocycles. The number of hydrogen-bond donors (Lipinski definition) is 0. The molecule has 0 heterocycles. The van der Waals surface area contributed by atoms with E-state index in [4.69, 9.17) is 14.2 Å². The summed E-state index contributed by atoms with van der Waals surface area (Å²) in [5, 5.41) is 0. The molecular formula is C43H72O6. The Labute approximate surface area is 300 Å². The minimum atomic E-state index is -0.801. The van der Waals surface area contributed by atoms with Gasteiger partial charge in [-0.25, -0.2) is 0 Å². The van der Waals surface area contributed by atoms with E-state index in [1.54, 1.807) is 0 Å². The second kappa shape index (κ2) is 37.9. The first-order valence-electron chi connectivity index (χ1n) is 19.8. The van der Waals surface area contributed by atoms with Crippen LogP contribution in [-0.4, -0.2) is 37.2 Å². The Hall–Kier alpha value is -2.89. The van der Waals surface area contributed by atoms with Gasteiger partial charge in [-0.3, -0.25) is 14.4 Å². The van der Waals surface area contributed by atoms with Crippen LogP contribution in [0.2, 0.25) is 0 Å². The van der Waals surface area contributed by atoms with Gasteiger partial charge in [-0.1, -0.05) is 126 Å². The molecule has 6 nitrogen and oxygen atoms in total. The summed E-state index contributed by atoms with van der Waals surface area (Å²) >= 11 is 0. The SMILES string of the molecule is CC/C=C\C/C=C\C/C=C\CCCCC(=O)OCC(COC(=O)CCC/C=C\CCCCCC)OC(=O)CCCCCC/C=C\CCCC. The molecule has 0 bridgehead atoms. The van der Waals surface area contributed by atoms with E-state index < -0.39 is 6.10 Å². The van der Waals surface area contributed by atoms with Gasteiger partial charge in [0.05, 0.1) is 0 Å². The molecule has 6 heteroatoms. The maximum atomic E-state index is 12.6. The molecule has 0 aliphatic rings. The van der Waals surface area contributed by atoms with E-state index in [0.717, 1.165) is 89.9 Å². The van der Waals surface area contributed by atoms with Crippen molar-refractivity contribution in [1.82, 2.24) is 0 Å². The molecule has 0 spiro atoms. The van der Waals surface area contributed by atoms with Crippen LogP contribution in [-0.2, 0) is 28.6 Å². The highest BCUT2D eigenvalue weighted by molar-refractivity contribution is 5.71. The zero-order valence-electron chi connectivity index (χ0n) is 31.7. The predicted molar refractivity (Wildman–Crippen MR) is 205 cm³/mol. The second-order valence-electron chi connectivity index (χ2n) is 12.8. The van der Waals surface area contributed by atoms with Gasteiger partial charge in [0.1, 0.15) is 13.2 Å². The quantitative estimate of drug-likeness (QED) is 0.0290. The molecule has 49 heavy (non-hydrogen) atoms. The molecule has 0 saturated heterocycles. The van der Waals surface area contributed by atoms with Crippen molar-refractivity contribution >= 4 is 17.9 Å². The maximum Gasteiger partial charge on any atom is 0.306 e. The van der Waals surface area contributed by atoms with E-state index in [-0.39, 0.29) is 31.1 Å². The normalized spacial score (nSPS) is 12.6. The maximum absolute atomic E-state index is 12.6. The highest BCUT2D eigenvalue weighted by Crippen LogP contribution is 2.11. The summed E-state index contributed by atoms with van der Waals surface area (Å²) in [6.07, 6.45) is 43.6. The molecule has 0 aromatic carbocycles. The first-order valence-corrected chi connectivity index (χ1v) is 19.8. The number of hydrogen-bond acceptors (Lipinski definition) is 6. The summed E-state index contributed by atoms with van der Waals surface area (Å²) in [7, 11) is 0. The Bertz CT molecular complexity index is 929. The van der Waals surface area contributed by atoms with Crippen LogP contribution in [0.25, 0.3) is 0 Å². The molecule has 0 aliphatic heterocycles. The standard InChI is InChI=1S/C43H72O6/c1-4-7-10-13-16-19-21-22-25-27-30-33-36-42(45)48-39-40(38-47-41(44)35-32-29-26-23-18-15-12-9-6-3)49-43(46)37-34-31-28-24-20-17-14-11-8-5-2/h7,10,14,16-17,19,22-23,25-26,40H,4-6,8-9,11-13,15,18,20-21,24,27-39H2,1-3H3/b10-7-,17-14-,19-16-,25-22-,26-23-. The van der Waals surface area contributed by atoms with Crippen LogP contribution >= 0.6 is 0 Å². The van der Waals surface area contributed by atoms with E-state index in [1.165, 1.54) is 38.5 Å². The van der Waals surface area contributed by atoms with Crippen molar-refractivity contribution < 1.29 is 28.6 Å². The predicted octanol–water partition coefficient (Wildman–Crippen LogP) is 12.2. The number of ether oxygens (including phenoxy) is 3. The third-order valence-corrected chi connectivity index (χ3v) is 7.98. The highest BCUT2D eigenvalue weighted by Gasteiger charge is 2.19. The highest BCUT2D eigenvalue weighted by atomic mass is 16.6. The van der Waals surface area contributed by atoms with Crippen molar-refractivity contribution in [1.29, 1.82) is 0 Å². The Kier molecular flexibility index (Phi) is 35.7. The monoisotopic (exact) mass is 685 g/mol. The first kappa shape index (κ1) is 46.1. The summed E-state index contributed by atoms with van der Waals surface area (Å²) in [6.45, 7) is 6.33. The number of esters is 3. The third kappa shape index (κ3) is 36.2. The molecule has 0 fully saturated rings. The van der Waals surface area contributed by atoms with Crippen LogP contribution in [0.1, 0.15) is 175 Å². The van der Waals surface area contributed by atoms with Gasteiger partial charge in [-0.15, -0.1) is 0 Å². The van der Waals surface area contributed by atoms with Crippen LogP contribution in [0.3, 0.4) is 0 Å². The summed E-state index contributed by atoms with van der Waals surface area (Å²) in [6, 6.07) is 0. The Morgan fingerprint density at radius 2 is 0.837 bits per heavy atom. The minimum Gasteiger partial charge on any atom is -0.462 e. The molecule has 0 N–H and O–H groups in total. The van der Waals surface area contributed by atoms with Crippen molar-refractivity contribution in [2.75, 3.05) is 13.2 Å². The van der Waals surface area contributed by atoms with Gasteiger partial charge < -0.3 is 14.2 Å². The number of allylic oxidation sites excluding steroid dienone is 10. The zero-order valence-corrected chi connectivity index (χ0v) is 31.7.